The zero-order chi connectivity index (χ0) is 12.3. The van der Waals surface area contributed by atoms with Gasteiger partial charge in [0.25, 0.3) is 5.91 Å². The number of nitrogens with zero attached hydrogens (tertiary/aromatic N) is 3. The fourth-order valence-corrected chi connectivity index (χ4v) is 1.50. The Morgan fingerprint density at radius 1 is 1.38 bits per heavy atom. The minimum atomic E-state index is -0.140. The van der Waals surface area contributed by atoms with Crippen molar-refractivity contribution in [2.75, 3.05) is 13.6 Å². The third kappa shape index (κ3) is 3.77. The number of carbonyl (C=O) groups is 1. The fraction of sp³-hybridized carbons (Fsp3) is 0.545. The first-order chi connectivity index (χ1) is 7.29. The van der Waals surface area contributed by atoms with E-state index in [0.29, 0.717) is 12.2 Å². The zero-order valence-corrected chi connectivity index (χ0v) is 10.7. The molecule has 0 aliphatic rings. The maximum atomic E-state index is 11.9. The summed E-state index contributed by atoms with van der Waals surface area (Å²) in [6.07, 6.45) is 2.77. The monoisotopic (exact) mass is 241 g/mol. The molecule has 0 spiro atoms. The van der Waals surface area contributed by atoms with Crippen molar-refractivity contribution in [2.45, 2.75) is 20.8 Å². The average molecular weight is 242 g/mol. The van der Waals surface area contributed by atoms with Crippen molar-refractivity contribution in [3.05, 3.63) is 23.2 Å². The van der Waals surface area contributed by atoms with Crippen LogP contribution in [0.1, 0.15) is 31.3 Å². The summed E-state index contributed by atoms with van der Waals surface area (Å²) in [7, 11) is 1.75. The van der Waals surface area contributed by atoms with Gasteiger partial charge in [-0.2, -0.15) is 0 Å². The number of hydrogen-bond acceptors (Lipinski definition) is 3. The Balaban J connectivity index is 2.74. The number of hydrogen-bond donors (Lipinski definition) is 0. The molecular weight excluding hydrogens is 226 g/mol. The molecule has 0 saturated heterocycles. The second kappa shape index (κ2) is 4.78. The van der Waals surface area contributed by atoms with Crippen LogP contribution in [0.2, 0.25) is 5.15 Å². The first-order valence-corrected chi connectivity index (χ1v) is 5.40. The Morgan fingerprint density at radius 2 is 2.00 bits per heavy atom. The Morgan fingerprint density at radius 3 is 2.44 bits per heavy atom. The maximum absolute atomic E-state index is 11.9. The fourth-order valence-electron chi connectivity index (χ4n) is 1.40. The molecule has 88 valence electrons. The molecule has 0 aliphatic carbocycles. The van der Waals surface area contributed by atoms with Crippen LogP contribution in [0, 0.1) is 5.41 Å². The number of amides is 1. The van der Waals surface area contributed by atoms with E-state index < -0.39 is 0 Å². The van der Waals surface area contributed by atoms with Crippen LogP contribution in [0.4, 0.5) is 0 Å². The van der Waals surface area contributed by atoms with Crippen LogP contribution in [0.25, 0.3) is 0 Å². The zero-order valence-electron chi connectivity index (χ0n) is 9.99. The van der Waals surface area contributed by atoms with Gasteiger partial charge in [-0.3, -0.25) is 4.79 Å². The number of aromatic nitrogens is 2. The predicted molar refractivity (Wildman–Crippen MR) is 63.5 cm³/mol. The SMILES string of the molecule is CN(CC(C)(C)C)C(=O)c1cnc(Cl)cn1. The van der Waals surface area contributed by atoms with Crippen molar-refractivity contribution in [3.63, 3.8) is 0 Å². The quantitative estimate of drug-likeness (QED) is 0.798. The van der Waals surface area contributed by atoms with Crippen LogP contribution in [-0.2, 0) is 0 Å². The minimum Gasteiger partial charge on any atom is -0.340 e. The molecule has 0 atom stereocenters. The summed E-state index contributed by atoms with van der Waals surface area (Å²) in [5.41, 5.74) is 0.376. The molecule has 0 radical (unpaired) electrons. The van der Waals surface area contributed by atoms with Crippen LogP contribution in [0.15, 0.2) is 12.4 Å². The molecule has 1 amide bonds. The van der Waals surface area contributed by atoms with E-state index in [4.69, 9.17) is 11.6 Å². The molecule has 1 aromatic rings. The van der Waals surface area contributed by atoms with E-state index in [-0.39, 0.29) is 16.5 Å². The first kappa shape index (κ1) is 12.9. The van der Waals surface area contributed by atoms with Gasteiger partial charge >= 0.3 is 0 Å². The van der Waals surface area contributed by atoms with Crippen LogP contribution in [-0.4, -0.2) is 34.4 Å². The molecular formula is C11H16ClN3O. The average Bonchev–Trinajstić information content (AvgIpc) is 2.15. The molecule has 4 nitrogen and oxygen atoms in total. The molecule has 16 heavy (non-hydrogen) atoms. The van der Waals surface area contributed by atoms with Gasteiger partial charge in [-0.1, -0.05) is 32.4 Å². The molecule has 0 aromatic carbocycles. The second-order valence-corrected chi connectivity index (χ2v) is 5.33. The first-order valence-electron chi connectivity index (χ1n) is 5.02. The summed E-state index contributed by atoms with van der Waals surface area (Å²) in [5.74, 6) is -0.140. The summed E-state index contributed by atoms with van der Waals surface area (Å²) >= 11 is 5.60. The van der Waals surface area contributed by atoms with Gasteiger partial charge in [0.05, 0.1) is 12.4 Å². The van der Waals surface area contributed by atoms with E-state index in [9.17, 15) is 4.79 Å². The topological polar surface area (TPSA) is 46.1 Å². The van der Waals surface area contributed by atoms with Gasteiger partial charge in [-0.05, 0) is 5.41 Å². The van der Waals surface area contributed by atoms with Crippen molar-refractivity contribution < 1.29 is 4.79 Å². The number of rotatable bonds is 2. The second-order valence-electron chi connectivity index (χ2n) is 4.95. The molecule has 0 aliphatic heterocycles. The maximum Gasteiger partial charge on any atom is 0.273 e. The van der Waals surface area contributed by atoms with Crippen LogP contribution in [0.5, 0.6) is 0 Å². The van der Waals surface area contributed by atoms with Gasteiger partial charge in [-0.15, -0.1) is 0 Å². The van der Waals surface area contributed by atoms with Gasteiger partial charge in [0.2, 0.25) is 0 Å². The Hall–Kier alpha value is -1.16. The number of carbonyl (C=O) groups excluding carboxylic acids is 1. The summed E-state index contributed by atoms with van der Waals surface area (Å²) in [6.45, 7) is 6.88. The third-order valence-electron chi connectivity index (χ3n) is 1.90. The molecule has 0 N–H and O–H groups in total. The van der Waals surface area contributed by atoms with Crippen molar-refractivity contribution in [3.8, 4) is 0 Å². The molecule has 0 unspecified atom stereocenters. The van der Waals surface area contributed by atoms with Gasteiger partial charge in [-0.25, -0.2) is 9.97 Å². The minimum absolute atomic E-state index is 0.0598. The smallest absolute Gasteiger partial charge is 0.273 e. The molecule has 0 fully saturated rings. The van der Waals surface area contributed by atoms with Crippen molar-refractivity contribution in [1.29, 1.82) is 0 Å². The predicted octanol–water partition coefficient (Wildman–Crippen LogP) is 2.25. The van der Waals surface area contributed by atoms with Crippen molar-refractivity contribution in [2.24, 2.45) is 5.41 Å². The molecule has 0 bridgehead atoms. The van der Waals surface area contributed by atoms with Crippen molar-refractivity contribution >= 4 is 17.5 Å². The summed E-state index contributed by atoms with van der Waals surface area (Å²) in [6, 6.07) is 0. The highest BCUT2D eigenvalue weighted by atomic mass is 35.5. The Labute approximate surface area is 101 Å². The van der Waals surface area contributed by atoms with E-state index in [1.807, 2.05) is 0 Å². The van der Waals surface area contributed by atoms with Crippen LogP contribution >= 0.6 is 11.6 Å². The molecule has 1 aromatic heterocycles. The van der Waals surface area contributed by atoms with Crippen LogP contribution < -0.4 is 0 Å². The van der Waals surface area contributed by atoms with E-state index in [0.717, 1.165) is 0 Å². The molecule has 1 heterocycles. The lowest BCUT2D eigenvalue weighted by Gasteiger charge is -2.26. The van der Waals surface area contributed by atoms with Crippen molar-refractivity contribution in [1.82, 2.24) is 14.9 Å². The van der Waals surface area contributed by atoms with E-state index in [1.165, 1.54) is 12.4 Å². The van der Waals surface area contributed by atoms with Gasteiger partial charge < -0.3 is 4.90 Å². The van der Waals surface area contributed by atoms with E-state index in [2.05, 4.69) is 30.7 Å². The van der Waals surface area contributed by atoms with E-state index >= 15 is 0 Å². The van der Waals surface area contributed by atoms with Crippen LogP contribution in [0.3, 0.4) is 0 Å². The van der Waals surface area contributed by atoms with Gasteiger partial charge in [0, 0.05) is 13.6 Å². The summed E-state index contributed by atoms with van der Waals surface area (Å²) in [5, 5.41) is 0.287. The number of halogens is 1. The Bertz CT molecular complexity index is 370. The highest BCUT2D eigenvalue weighted by molar-refractivity contribution is 6.29. The third-order valence-corrected chi connectivity index (χ3v) is 2.09. The van der Waals surface area contributed by atoms with Gasteiger partial charge in [0.15, 0.2) is 0 Å². The van der Waals surface area contributed by atoms with Gasteiger partial charge in [0.1, 0.15) is 10.8 Å². The highest BCUT2D eigenvalue weighted by Crippen LogP contribution is 2.15. The summed E-state index contributed by atoms with van der Waals surface area (Å²) in [4.78, 5) is 21.3. The highest BCUT2D eigenvalue weighted by Gasteiger charge is 2.19. The summed E-state index contributed by atoms with van der Waals surface area (Å²) < 4.78 is 0. The molecule has 5 heteroatoms. The lowest BCUT2D eigenvalue weighted by molar-refractivity contribution is 0.0739. The lowest BCUT2D eigenvalue weighted by atomic mass is 9.96. The molecule has 0 saturated carbocycles. The Kier molecular flexibility index (Phi) is 3.86. The molecule has 1 rings (SSSR count). The van der Waals surface area contributed by atoms with E-state index in [1.54, 1.807) is 11.9 Å². The largest absolute Gasteiger partial charge is 0.340 e. The standard InChI is InChI=1S/C11H16ClN3O/c1-11(2,3)7-15(4)10(16)8-5-14-9(12)6-13-8/h5-6H,7H2,1-4H3. The normalized spacial score (nSPS) is 11.3. The lowest BCUT2D eigenvalue weighted by Crippen LogP contribution is -2.34.